The highest BCUT2D eigenvalue weighted by Crippen LogP contribution is 2.26. The number of rotatable bonds is 3. The van der Waals surface area contributed by atoms with Crippen LogP contribution in [0.2, 0.25) is 5.02 Å². The third kappa shape index (κ3) is 1.88. The minimum absolute atomic E-state index is 0.398. The Morgan fingerprint density at radius 1 is 1.62 bits per heavy atom. The van der Waals surface area contributed by atoms with E-state index in [-0.39, 0.29) is 0 Å². The number of benzene rings is 1. The average Bonchev–Trinajstić information content (AvgIpc) is 2.63. The van der Waals surface area contributed by atoms with Crippen molar-refractivity contribution in [1.29, 1.82) is 0 Å². The third-order valence-electron chi connectivity index (χ3n) is 2.54. The van der Waals surface area contributed by atoms with Gasteiger partial charge in [-0.05, 0) is 12.1 Å². The molecule has 2 rings (SSSR count). The van der Waals surface area contributed by atoms with Crippen LogP contribution in [0.25, 0.3) is 10.9 Å². The second-order valence-electron chi connectivity index (χ2n) is 3.78. The zero-order valence-electron chi connectivity index (χ0n) is 8.70. The van der Waals surface area contributed by atoms with Gasteiger partial charge in [-0.3, -0.25) is 9.89 Å². The first kappa shape index (κ1) is 11.0. The molecule has 0 aliphatic carbocycles. The van der Waals surface area contributed by atoms with Gasteiger partial charge in [-0.25, -0.2) is 0 Å². The van der Waals surface area contributed by atoms with Crippen molar-refractivity contribution in [3.8, 4) is 0 Å². The number of carboxylic acids is 1. The molecule has 84 valence electrons. The molecule has 16 heavy (non-hydrogen) atoms. The molecule has 0 bridgehead atoms. The largest absolute Gasteiger partial charge is 0.481 e. The minimum Gasteiger partial charge on any atom is -0.481 e. The molecule has 0 spiro atoms. The Bertz CT molecular complexity index is 536. The van der Waals surface area contributed by atoms with Crippen LogP contribution in [0.1, 0.15) is 12.6 Å². The summed E-state index contributed by atoms with van der Waals surface area (Å²) in [6.45, 7) is 1.66. The molecule has 0 amide bonds. The fourth-order valence-electron chi connectivity index (χ4n) is 1.63. The molecule has 2 aromatic rings. The number of carbonyl (C=O) groups is 1. The average molecular weight is 239 g/mol. The third-order valence-corrected chi connectivity index (χ3v) is 2.85. The number of aliphatic carboxylic acids is 1. The number of H-pyrrole nitrogens is 1. The molecule has 0 radical (unpaired) electrons. The summed E-state index contributed by atoms with van der Waals surface area (Å²) in [4.78, 5) is 10.8. The van der Waals surface area contributed by atoms with Gasteiger partial charge in [0.05, 0.1) is 16.5 Å². The summed E-state index contributed by atoms with van der Waals surface area (Å²) in [6.07, 6.45) is 0.398. The second kappa shape index (κ2) is 4.14. The van der Waals surface area contributed by atoms with Crippen LogP contribution >= 0.6 is 11.6 Å². The molecule has 4 nitrogen and oxygen atoms in total. The second-order valence-corrected chi connectivity index (χ2v) is 4.19. The Kier molecular flexibility index (Phi) is 2.83. The smallest absolute Gasteiger partial charge is 0.306 e. The molecule has 0 fully saturated rings. The predicted molar refractivity (Wildman–Crippen MR) is 61.6 cm³/mol. The zero-order valence-corrected chi connectivity index (χ0v) is 9.45. The van der Waals surface area contributed by atoms with E-state index in [2.05, 4.69) is 10.2 Å². The lowest BCUT2D eigenvalue weighted by atomic mass is 10.0. The highest BCUT2D eigenvalue weighted by atomic mass is 35.5. The van der Waals surface area contributed by atoms with Gasteiger partial charge in [0.15, 0.2) is 0 Å². The summed E-state index contributed by atoms with van der Waals surface area (Å²) in [5.74, 6) is -1.28. The lowest BCUT2D eigenvalue weighted by Crippen LogP contribution is -2.12. The summed E-state index contributed by atoms with van der Waals surface area (Å²) < 4.78 is 0. The standard InChI is InChI=1S/C11H11ClN2O2/c1-6(11(15)16)5-9-10-7(12)3-2-4-8(10)13-14-9/h2-4,6H,5H2,1H3,(H,13,14)(H,15,16). The van der Waals surface area contributed by atoms with Crippen LogP contribution < -0.4 is 0 Å². The van der Waals surface area contributed by atoms with Crippen molar-refractivity contribution in [3.63, 3.8) is 0 Å². The predicted octanol–water partition coefficient (Wildman–Crippen LogP) is 2.48. The Labute approximate surface area is 97.2 Å². The van der Waals surface area contributed by atoms with E-state index in [1.165, 1.54) is 0 Å². The number of nitrogens with one attached hydrogen (secondary N) is 1. The first-order valence-corrected chi connectivity index (χ1v) is 5.31. The van der Waals surface area contributed by atoms with E-state index in [1.807, 2.05) is 12.1 Å². The number of aromatic amines is 1. The molecule has 5 heteroatoms. The van der Waals surface area contributed by atoms with Gasteiger partial charge in [0.25, 0.3) is 0 Å². The van der Waals surface area contributed by atoms with Crippen LogP contribution in [0.3, 0.4) is 0 Å². The van der Waals surface area contributed by atoms with Gasteiger partial charge in [-0.1, -0.05) is 24.6 Å². The fourth-order valence-corrected chi connectivity index (χ4v) is 1.91. The summed E-state index contributed by atoms with van der Waals surface area (Å²) in [6, 6.07) is 5.43. The SMILES string of the molecule is CC(Cc1[nH]nc2cccc(Cl)c12)C(=O)O. The van der Waals surface area contributed by atoms with Crippen molar-refractivity contribution >= 4 is 28.5 Å². The molecule has 1 atom stereocenters. The maximum atomic E-state index is 10.8. The molecule has 0 aliphatic rings. The molecule has 2 N–H and O–H groups in total. The van der Waals surface area contributed by atoms with Crippen molar-refractivity contribution in [3.05, 3.63) is 28.9 Å². The maximum absolute atomic E-state index is 10.8. The summed E-state index contributed by atoms with van der Waals surface area (Å²) in [7, 11) is 0. The Balaban J connectivity index is 2.42. The van der Waals surface area contributed by atoms with Crippen LogP contribution in [0.15, 0.2) is 18.2 Å². The van der Waals surface area contributed by atoms with Gasteiger partial charge < -0.3 is 5.11 Å². The van der Waals surface area contributed by atoms with E-state index < -0.39 is 11.9 Å². The molecule has 1 aromatic heterocycles. The van der Waals surface area contributed by atoms with Crippen molar-refractivity contribution < 1.29 is 9.90 Å². The van der Waals surface area contributed by atoms with Crippen LogP contribution in [-0.4, -0.2) is 21.3 Å². The molecular formula is C11H11ClN2O2. The number of fused-ring (bicyclic) bond motifs is 1. The highest BCUT2D eigenvalue weighted by molar-refractivity contribution is 6.35. The van der Waals surface area contributed by atoms with E-state index in [0.29, 0.717) is 11.4 Å². The number of aromatic nitrogens is 2. The number of nitrogens with zero attached hydrogens (tertiary/aromatic N) is 1. The fraction of sp³-hybridized carbons (Fsp3) is 0.273. The van der Waals surface area contributed by atoms with E-state index in [0.717, 1.165) is 16.6 Å². The molecule has 1 unspecified atom stereocenters. The Hall–Kier alpha value is -1.55. The van der Waals surface area contributed by atoms with Crippen LogP contribution in [0.4, 0.5) is 0 Å². The van der Waals surface area contributed by atoms with Crippen molar-refractivity contribution in [1.82, 2.24) is 10.2 Å². The lowest BCUT2D eigenvalue weighted by molar-refractivity contribution is -0.141. The quantitative estimate of drug-likeness (QED) is 0.863. The number of hydrogen-bond donors (Lipinski definition) is 2. The monoisotopic (exact) mass is 238 g/mol. The number of halogens is 1. The molecule has 0 saturated heterocycles. The van der Waals surface area contributed by atoms with E-state index in [1.54, 1.807) is 13.0 Å². The van der Waals surface area contributed by atoms with Crippen molar-refractivity contribution in [2.45, 2.75) is 13.3 Å². The van der Waals surface area contributed by atoms with E-state index in [9.17, 15) is 4.79 Å². The van der Waals surface area contributed by atoms with Gasteiger partial charge >= 0.3 is 5.97 Å². The molecular weight excluding hydrogens is 228 g/mol. The van der Waals surface area contributed by atoms with Crippen LogP contribution in [0, 0.1) is 5.92 Å². The molecule has 1 aromatic carbocycles. The van der Waals surface area contributed by atoms with E-state index in [4.69, 9.17) is 16.7 Å². The maximum Gasteiger partial charge on any atom is 0.306 e. The molecule has 0 aliphatic heterocycles. The molecule has 0 saturated carbocycles. The van der Waals surface area contributed by atoms with Crippen LogP contribution in [-0.2, 0) is 11.2 Å². The van der Waals surface area contributed by atoms with Crippen LogP contribution in [0.5, 0.6) is 0 Å². The Morgan fingerprint density at radius 3 is 3.06 bits per heavy atom. The normalized spacial score (nSPS) is 12.9. The first-order valence-electron chi connectivity index (χ1n) is 4.94. The van der Waals surface area contributed by atoms with Gasteiger partial charge in [0, 0.05) is 17.5 Å². The van der Waals surface area contributed by atoms with Gasteiger partial charge in [0.2, 0.25) is 0 Å². The first-order chi connectivity index (χ1) is 7.59. The van der Waals surface area contributed by atoms with Gasteiger partial charge in [-0.15, -0.1) is 0 Å². The number of hydrogen-bond acceptors (Lipinski definition) is 2. The Morgan fingerprint density at radius 2 is 2.38 bits per heavy atom. The van der Waals surface area contributed by atoms with E-state index >= 15 is 0 Å². The molecule has 1 heterocycles. The van der Waals surface area contributed by atoms with Gasteiger partial charge in [0.1, 0.15) is 0 Å². The van der Waals surface area contributed by atoms with Crippen molar-refractivity contribution in [2.75, 3.05) is 0 Å². The zero-order chi connectivity index (χ0) is 11.7. The summed E-state index contributed by atoms with van der Waals surface area (Å²) >= 11 is 6.06. The summed E-state index contributed by atoms with van der Waals surface area (Å²) in [5.41, 5.74) is 1.54. The summed E-state index contributed by atoms with van der Waals surface area (Å²) in [5, 5.41) is 17.2. The van der Waals surface area contributed by atoms with Gasteiger partial charge in [-0.2, -0.15) is 5.10 Å². The topological polar surface area (TPSA) is 66.0 Å². The van der Waals surface area contributed by atoms with Crippen molar-refractivity contribution in [2.24, 2.45) is 5.92 Å². The highest BCUT2D eigenvalue weighted by Gasteiger charge is 2.16. The minimum atomic E-state index is -0.824. The lowest BCUT2D eigenvalue weighted by Gasteiger charge is -2.04. The number of carboxylic acid groups (broad SMARTS) is 1.